The van der Waals surface area contributed by atoms with Gasteiger partial charge in [-0.2, -0.15) is 0 Å². The van der Waals surface area contributed by atoms with E-state index < -0.39 is 0 Å². The number of benzene rings is 6. The summed E-state index contributed by atoms with van der Waals surface area (Å²) in [6.45, 7) is 0. The first-order valence-electron chi connectivity index (χ1n) is 14.6. The molecule has 0 atom stereocenters. The van der Waals surface area contributed by atoms with Crippen LogP contribution in [0.4, 0.5) is 0 Å². The van der Waals surface area contributed by atoms with Gasteiger partial charge in [-0.3, -0.25) is 0 Å². The van der Waals surface area contributed by atoms with Crippen LogP contribution in [0.2, 0.25) is 0 Å². The fourth-order valence-electron chi connectivity index (χ4n) is 6.07. The highest BCUT2D eigenvalue weighted by atomic mass is 15.0. The van der Waals surface area contributed by atoms with Crippen LogP contribution >= 0.6 is 0 Å². The van der Waals surface area contributed by atoms with Crippen LogP contribution in [0.5, 0.6) is 0 Å². The van der Waals surface area contributed by atoms with Crippen molar-refractivity contribution in [2.24, 2.45) is 0 Å². The van der Waals surface area contributed by atoms with E-state index in [2.05, 4.69) is 168 Å². The lowest BCUT2D eigenvalue weighted by atomic mass is 9.98. The van der Waals surface area contributed by atoms with Crippen LogP contribution in [0, 0.1) is 0 Å². The van der Waals surface area contributed by atoms with Gasteiger partial charge in [-0.25, -0.2) is 4.98 Å². The van der Waals surface area contributed by atoms with Crippen molar-refractivity contribution in [3.63, 3.8) is 0 Å². The van der Waals surface area contributed by atoms with Crippen molar-refractivity contribution < 1.29 is 0 Å². The highest BCUT2D eigenvalue weighted by Crippen LogP contribution is 2.34. The third-order valence-corrected chi connectivity index (χ3v) is 8.22. The summed E-state index contributed by atoms with van der Waals surface area (Å²) >= 11 is 0. The Kier molecular flexibility index (Phi) is 6.16. The molecule has 0 aliphatic heterocycles. The van der Waals surface area contributed by atoms with Gasteiger partial charge in [0.05, 0.1) is 22.4 Å². The van der Waals surface area contributed by atoms with Gasteiger partial charge in [0.2, 0.25) is 0 Å². The maximum atomic E-state index is 5.09. The number of pyridine rings is 1. The zero-order valence-electron chi connectivity index (χ0n) is 23.6. The molecule has 8 rings (SSSR count). The summed E-state index contributed by atoms with van der Waals surface area (Å²) in [6, 6.07) is 60.2. The van der Waals surface area contributed by atoms with Gasteiger partial charge in [0.1, 0.15) is 0 Å². The van der Waals surface area contributed by atoms with E-state index in [-0.39, 0.29) is 0 Å². The second-order valence-electron chi connectivity index (χ2n) is 10.9. The Balaban J connectivity index is 1.15. The van der Waals surface area contributed by atoms with Gasteiger partial charge in [0.25, 0.3) is 0 Å². The third-order valence-electron chi connectivity index (χ3n) is 8.22. The monoisotopic (exact) mass is 548 g/mol. The fourth-order valence-corrected chi connectivity index (χ4v) is 6.07. The summed E-state index contributed by atoms with van der Waals surface area (Å²) in [6.07, 6.45) is 0. The van der Waals surface area contributed by atoms with Crippen LogP contribution in [0.1, 0.15) is 0 Å². The number of hydrogen-bond donors (Lipinski definition) is 0. The molecule has 0 bridgehead atoms. The SMILES string of the molecule is c1ccc(-c2cc(-c3ccccc3)nc(-c3ccc(-c4ccc(-n5c6ccccc6c6ccccc65)cc4)cc3)c2)cc1. The molecule has 2 heterocycles. The molecule has 2 nitrogen and oxygen atoms in total. The average molecular weight is 549 g/mol. The summed E-state index contributed by atoms with van der Waals surface area (Å²) in [7, 11) is 0. The van der Waals surface area contributed by atoms with E-state index in [9.17, 15) is 0 Å². The Morgan fingerprint density at radius 1 is 0.326 bits per heavy atom. The summed E-state index contributed by atoms with van der Waals surface area (Å²) < 4.78 is 2.35. The Morgan fingerprint density at radius 3 is 1.28 bits per heavy atom. The lowest BCUT2D eigenvalue weighted by Gasteiger charge is -2.11. The van der Waals surface area contributed by atoms with Crippen molar-refractivity contribution in [1.29, 1.82) is 0 Å². The van der Waals surface area contributed by atoms with Crippen molar-refractivity contribution in [3.05, 3.63) is 170 Å². The summed E-state index contributed by atoms with van der Waals surface area (Å²) in [5.41, 5.74) is 12.5. The molecule has 0 unspecified atom stereocenters. The van der Waals surface area contributed by atoms with E-state index in [1.165, 1.54) is 38.5 Å². The molecule has 0 aliphatic carbocycles. The van der Waals surface area contributed by atoms with Crippen LogP contribution < -0.4 is 0 Å². The van der Waals surface area contributed by atoms with Gasteiger partial charge in [-0.15, -0.1) is 0 Å². The Bertz CT molecular complexity index is 2080. The van der Waals surface area contributed by atoms with Gasteiger partial charge >= 0.3 is 0 Å². The molecule has 0 amide bonds. The highest BCUT2D eigenvalue weighted by Gasteiger charge is 2.12. The molecule has 0 radical (unpaired) electrons. The molecule has 0 fully saturated rings. The van der Waals surface area contributed by atoms with Crippen LogP contribution in [0.3, 0.4) is 0 Å². The maximum Gasteiger partial charge on any atom is 0.0715 e. The van der Waals surface area contributed by atoms with Crippen LogP contribution in [0.25, 0.3) is 72.3 Å². The molecule has 2 heteroatoms. The van der Waals surface area contributed by atoms with Gasteiger partial charge in [0, 0.05) is 27.6 Å². The molecule has 0 spiro atoms. The first-order valence-corrected chi connectivity index (χ1v) is 14.6. The van der Waals surface area contributed by atoms with E-state index in [1.54, 1.807) is 0 Å². The van der Waals surface area contributed by atoms with Gasteiger partial charge in [-0.1, -0.05) is 133 Å². The normalized spacial score (nSPS) is 11.3. The molecular weight excluding hydrogens is 520 g/mol. The number of hydrogen-bond acceptors (Lipinski definition) is 1. The number of fused-ring (bicyclic) bond motifs is 3. The van der Waals surface area contributed by atoms with E-state index in [0.29, 0.717) is 0 Å². The van der Waals surface area contributed by atoms with Gasteiger partial charge in [-0.05, 0) is 58.7 Å². The molecule has 0 saturated heterocycles. The fraction of sp³-hybridized carbons (Fsp3) is 0. The van der Waals surface area contributed by atoms with Crippen molar-refractivity contribution in [2.75, 3.05) is 0 Å². The highest BCUT2D eigenvalue weighted by molar-refractivity contribution is 6.09. The van der Waals surface area contributed by atoms with E-state index in [0.717, 1.165) is 33.8 Å². The van der Waals surface area contributed by atoms with Crippen molar-refractivity contribution in [3.8, 4) is 50.5 Å². The first-order chi connectivity index (χ1) is 21.3. The number of aromatic nitrogens is 2. The molecule has 43 heavy (non-hydrogen) atoms. The summed E-state index contributed by atoms with van der Waals surface area (Å²) in [5, 5.41) is 2.55. The minimum atomic E-state index is 0.966. The molecule has 0 N–H and O–H groups in total. The third kappa shape index (κ3) is 4.60. The van der Waals surface area contributed by atoms with Crippen LogP contribution in [-0.4, -0.2) is 9.55 Å². The predicted octanol–water partition coefficient (Wildman–Crippen LogP) is 10.8. The molecule has 0 aliphatic rings. The summed E-state index contributed by atoms with van der Waals surface area (Å²) in [4.78, 5) is 5.09. The largest absolute Gasteiger partial charge is 0.309 e. The van der Waals surface area contributed by atoms with Gasteiger partial charge in [0.15, 0.2) is 0 Å². The Labute approximate surface area is 251 Å². The molecular formula is C41H28N2. The smallest absolute Gasteiger partial charge is 0.0715 e. The minimum absolute atomic E-state index is 0.966. The lowest BCUT2D eigenvalue weighted by Crippen LogP contribution is -1.93. The van der Waals surface area contributed by atoms with E-state index in [1.807, 2.05) is 6.07 Å². The van der Waals surface area contributed by atoms with Gasteiger partial charge < -0.3 is 4.57 Å². The lowest BCUT2D eigenvalue weighted by molar-refractivity contribution is 1.18. The quantitative estimate of drug-likeness (QED) is 0.209. The second kappa shape index (κ2) is 10.6. The molecule has 6 aromatic carbocycles. The van der Waals surface area contributed by atoms with E-state index >= 15 is 0 Å². The molecule has 202 valence electrons. The van der Waals surface area contributed by atoms with Crippen molar-refractivity contribution in [2.45, 2.75) is 0 Å². The first kappa shape index (κ1) is 25.0. The number of rotatable bonds is 5. The van der Waals surface area contributed by atoms with Crippen LogP contribution in [0.15, 0.2) is 170 Å². The molecule has 8 aromatic rings. The molecule has 2 aromatic heterocycles. The molecule has 0 saturated carbocycles. The Morgan fingerprint density at radius 2 is 0.721 bits per heavy atom. The number of nitrogens with zero attached hydrogens (tertiary/aromatic N) is 2. The van der Waals surface area contributed by atoms with E-state index in [4.69, 9.17) is 4.98 Å². The summed E-state index contributed by atoms with van der Waals surface area (Å²) in [5.74, 6) is 0. The topological polar surface area (TPSA) is 17.8 Å². The second-order valence-corrected chi connectivity index (χ2v) is 10.9. The zero-order valence-corrected chi connectivity index (χ0v) is 23.6. The average Bonchev–Trinajstić information content (AvgIpc) is 3.43. The minimum Gasteiger partial charge on any atom is -0.309 e. The number of para-hydroxylation sites is 2. The zero-order chi connectivity index (χ0) is 28.6. The van der Waals surface area contributed by atoms with Crippen molar-refractivity contribution in [1.82, 2.24) is 9.55 Å². The standard InChI is InChI=1S/C41H28N2/c1-3-11-29(12-4-1)34-27-38(32-13-5-2-6-14-32)42-39(28-34)33-21-19-30(20-22-33)31-23-25-35(26-24-31)43-40-17-9-7-15-36(40)37-16-8-10-18-41(37)43/h1-28H. The van der Waals surface area contributed by atoms with Crippen LogP contribution in [-0.2, 0) is 0 Å². The van der Waals surface area contributed by atoms with Crippen molar-refractivity contribution >= 4 is 21.8 Å². The Hall–Kier alpha value is -5.73. The maximum absolute atomic E-state index is 5.09. The predicted molar refractivity (Wildman–Crippen MR) is 180 cm³/mol.